The fraction of sp³-hybridized carbons (Fsp3) is 0.538. The second kappa shape index (κ2) is 7.07. The van der Waals surface area contributed by atoms with Crippen molar-refractivity contribution in [3.63, 3.8) is 0 Å². The minimum Gasteiger partial charge on any atom is -0.311 e. The summed E-state index contributed by atoms with van der Waals surface area (Å²) >= 11 is 5.92. The molecule has 2 rings (SSSR count). The summed E-state index contributed by atoms with van der Waals surface area (Å²) < 4.78 is 2.49. The van der Waals surface area contributed by atoms with Crippen LogP contribution in [0, 0.1) is 3.57 Å². The highest BCUT2D eigenvalue weighted by Crippen LogP contribution is 2.18. The molecule has 0 spiro atoms. The molecule has 94 valence electrons. The summed E-state index contributed by atoms with van der Waals surface area (Å²) in [6, 6.07) is 6.45. The van der Waals surface area contributed by atoms with Crippen molar-refractivity contribution >= 4 is 38.5 Å². The zero-order valence-corrected chi connectivity index (χ0v) is 13.6. The molecule has 0 radical (unpaired) electrons. The van der Waals surface area contributed by atoms with Gasteiger partial charge in [-0.2, -0.15) is 0 Å². The lowest BCUT2D eigenvalue weighted by Gasteiger charge is -2.15. The lowest BCUT2D eigenvalue weighted by atomic mass is 10.2. The Balaban J connectivity index is 1.72. The zero-order chi connectivity index (χ0) is 12.1. The van der Waals surface area contributed by atoms with E-state index in [1.807, 2.05) is 0 Å². The third-order valence-electron chi connectivity index (χ3n) is 3.13. The predicted octanol–water partition coefficient (Wildman–Crippen LogP) is 3.24. The third kappa shape index (κ3) is 4.50. The molecule has 1 aromatic carbocycles. The fourth-order valence-electron chi connectivity index (χ4n) is 2.15. The first-order valence-electron chi connectivity index (χ1n) is 6.13. The fourth-order valence-corrected chi connectivity index (χ4v) is 3.08. The number of nitrogens with one attached hydrogen (secondary N) is 1. The molecular weight excluding hydrogens is 391 g/mol. The van der Waals surface area contributed by atoms with Gasteiger partial charge in [0.2, 0.25) is 0 Å². The molecule has 17 heavy (non-hydrogen) atoms. The van der Waals surface area contributed by atoms with Crippen LogP contribution in [0.3, 0.4) is 0 Å². The van der Waals surface area contributed by atoms with Crippen molar-refractivity contribution < 1.29 is 0 Å². The standard InChI is InChI=1S/C13H18BrIN2/c14-12-3-4-13(15)11(9-12)10-16-5-8-17-6-1-2-7-17/h3-4,9,16H,1-2,5-8,10H2. The molecule has 0 bridgehead atoms. The molecule has 4 heteroatoms. The van der Waals surface area contributed by atoms with E-state index >= 15 is 0 Å². The van der Waals surface area contributed by atoms with Gasteiger partial charge >= 0.3 is 0 Å². The van der Waals surface area contributed by atoms with Crippen molar-refractivity contribution in [3.8, 4) is 0 Å². The summed E-state index contributed by atoms with van der Waals surface area (Å²) in [6.45, 7) is 5.81. The second-order valence-corrected chi connectivity index (χ2v) is 6.54. The zero-order valence-electron chi connectivity index (χ0n) is 9.88. The van der Waals surface area contributed by atoms with Crippen molar-refractivity contribution in [1.29, 1.82) is 0 Å². The smallest absolute Gasteiger partial charge is 0.0216 e. The first-order chi connectivity index (χ1) is 8.25. The Labute approximate surface area is 125 Å². The van der Waals surface area contributed by atoms with Crippen LogP contribution in [0.2, 0.25) is 0 Å². The molecule has 0 amide bonds. The van der Waals surface area contributed by atoms with Crippen LogP contribution in [0.1, 0.15) is 18.4 Å². The maximum atomic E-state index is 3.53. The molecule has 1 heterocycles. The molecular formula is C13H18BrIN2. The molecule has 0 atom stereocenters. The average Bonchev–Trinajstić information content (AvgIpc) is 2.82. The highest BCUT2D eigenvalue weighted by molar-refractivity contribution is 14.1. The Bertz CT molecular complexity index is 364. The highest BCUT2D eigenvalue weighted by atomic mass is 127. The number of hydrogen-bond acceptors (Lipinski definition) is 2. The van der Waals surface area contributed by atoms with E-state index in [1.54, 1.807) is 0 Å². The summed E-state index contributed by atoms with van der Waals surface area (Å²) in [5.74, 6) is 0. The Morgan fingerprint density at radius 2 is 2.06 bits per heavy atom. The molecule has 1 fully saturated rings. The maximum absolute atomic E-state index is 3.53. The number of rotatable bonds is 5. The monoisotopic (exact) mass is 408 g/mol. The van der Waals surface area contributed by atoms with Gasteiger partial charge in [0, 0.05) is 27.7 Å². The van der Waals surface area contributed by atoms with Gasteiger partial charge in [0.05, 0.1) is 0 Å². The first-order valence-corrected chi connectivity index (χ1v) is 8.00. The number of nitrogens with zero attached hydrogens (tertiary/aromatic N) is 1. The lowest BCUT2D eigenvalue weighted by Crippen LogP contribution is -2.29. The Morgan fingerprint density at radius 1 is 1.29 bits per heavy atom. The quantitative estimate of drug-likeness (QED) is 0.594. The summed E-state index contributed by atoms with van der Waals surface area (Å²) in [5.41, 5.74) is 1.38. The molecule has 0 aromatic heterocycles. The summed E-state index contributed by atoms with van der Waals surface area (Å²) in [4.78, 5) is 2.54. The van der Waals surface area contributed by atoms with Gasteiger partial charge in [0.15, 0.2) is 0 Å². The van der Waals surface area contributed by atoms with Crippen LogP contribution < -0.4 is 5.32 Å². The van der Waals surface area contributed by atoms with Crippen LogP contribution in [0.25, 0.3) is 0 Å². The minimum atomic E-state index is 0.964. The minimum absolute atomic E-state index is 0.964. The number of likely N-dealkylation sites (tertiary alicyclic amines) is 1. The van der Waals surface area contributed by atoms with Gasteiger partial charge in [-0.05, 0) is 72.3 Å². The SMILES string of the molecule is Brc1ccc(I)c(CNCCN2CCCC2)c1. The van der Waals surface area contributed by atoms with Crippen LogP contribution in [-0.4, -0.2) is 31.1 Å². The molecule has 1 aromatic rings. The van der Waals surface area contributed by atoms with Crippen molar-refractivity contribution in [2.45, 2.75) is 19.4 Å². The van der Waals surface area contributed by atoms with Gasteiger partial charge in [-0.25, -0.2) is 0 Å². The normalized spacial score (nSPS) is 16.6. The Kier molecular flexibility index (Phi) is 5.72. The van der Waals surface area contributed by atoms with Crippen LogP contribution in [-0.2, 0) is 6.54 Å². The maximum Gasteiger partial charge on any atom is 0.0216 e. The molecule has 1 N–H and O–H groups in total. The van der Waals surface area contributed by atoms with Crippen LogP contribution in [0.5, 0.6) is 0 Å². The summed E-state index contributed by atoms with van der Waals surface area (Å²) in [7, 11) is 0. The van der Waals surface area contributed by atoms with Gasteiger partial charge in [-0.15, -0.1) is 0 Å². The van der Waals surface area contributed by atoms with Crippen molar-refractivity contribution in [1.82, 2.24) is 10.2 Å². The van der Waals surface area contributed by atoms with E-state index in [0.717, 1.165) is 17.6 Å². The van der Waals surface area contributed by atoms with E-state index in [1.165, 1.54) is 41.6 Å². The van der Waals surface area contributed by atoms with Gasteiger partial charge in [-0.1, -0.05) is 15.9 Å². The molecule has 2 nitrogen and oxygen atoms in total. The van der Waals surface area contributed by atoms with Gasteiger partial charge < -0.3 is 10.2 Å². The van der Waals surface area contributed by atoms with Gasteiger partial charge in [0.25, 0.3) is 0 Å². The molecule has 1 aliphatic heterocycles. The average molecular weight is 409 g/mol. The van der Waals surface area contributed by atoms with Gasteiger partial charge in [-0.3, -0.25) is 0 Å². The van der Waals surface area contributed by atoms with E-state index in [4.69, 9.17) is 0 Å². The first kappa shape index (κ1) is 13.8. The summed E-state index contributed by atoms with van der Waals surface area (Å²) in [5, 5.41) is 3.53. The van der Waals surface area contributed by atoms with Crippen LogP contribution in [0.15, 0.2) is 22.7 Å². The van der Waals surface area contributed by atoms with E-state index in [2.05, 4.69) is 66.9 Å². The van der Waals surface area contributed by atoms with Crippen molar-refractivity contribution in [3.05, 3.63) is 31.8 Å². The Hall–Kier alpha value is 0.350. The van der Waals surface area contributed by atoms with E-state index in [0.29, 0.717) is 0 Å². The molecule has 0 saturated carbocycles. The van der Waals surface area contributed by atoms with Gasteiger partial charge in [0.1, 0.15) is 0 Å². The summed E-state index contributed by atoms with van der Waals surface area (Å²) in [6.07, 6.45) is 2.76. The lowest BCUT2D eigenvalue weighted by molar-refractivity contribution is 0.335. The number of hydrogen-bond donors (Lipinski definition) is 1. The second-order valence-electron chi connectivity index (χ2n) is 4.46. The Morgan fingerprint density at radius 3 is 2.82 bits per heavy atom. The van der Waals surface area contributed by atoms with Crippen LogP contribution >= 0.6 is 38.5 Å². The van der Waals surface area contributed by atoms with Crippen LogP contribution in [0.4, 0.5) is 0 Å². The third-order valence-corrected chi connectivity index (χ3v) is 4.67. The van der Waals surface area contributed by atoms with E-state index < -0.39 is 0 Å². The molecule has 0 unspecified atom stereocenters. The van der Waals surface area contributed by atoms with E-state index in [-0.39, 0.29) is 0 Å². The predicted molar refractivity (Wildman–Crippen MR) is 84.2 cm³/mol. The number of benzene rings is 1. The van der Waals surface area contributed by atoms with E-state index in [9.17, 15) is 0 Å². The molecule has 0 aliphatic carbocycles. The topological polar surface area (TPSA) is 15.3 Å². The highest BCUT2D eigenvalue weighted by Gasteiger charge is 2.10. The molecule has 1 aliphatic rings. The number of halogens is 2. The van der Waals surface area contributed by atoms with Crippen molar-refractivity contribution in [2.75, 3.05) is 26.2 Å². The van der Waals surface area contributed by atoms with Crippen molar-refractivity contribution in [2.24, 2.45) is 0 Å². The largest absolute Gasteiger partial charge is 0.311 e. The molecule has 1 saturated heterocycles.